The van der Waals surface area contributed by atoms with Crippen molar-refractivity contribution >= 4 is 5.97 Å². The highest BCUT2D eigenvalue weighted by Gasteiger charge is 2.08. The van der Waals surface area contributed by atoms with E-state index in [0.717, 1.165) is 45.9 Å². The predicted molar refractivity (Wildman–Crippen MR) is 67.6 cm³/mol. The van der Waals surface area contributed by atoms with Crippen molar-refractivity contribution in [2.75, 3.05) is 65.8 Å². The van der Waals surface area contributed by atoms with Crippen LogP contribution in [0.2, 0.25) is 0 Å². The summed E-state index contributed by atoms with van der Waals surface area (Å²) in [5.41, 5.74) is 0. The largest absolute Gasteiger partial charge is 0.464 e. The van der Waals surface area contributed by atoms with Crippen molar-refractivity contribution in [2.24, 2.45) is 0 Å². The van der Waals surface area contributed by atoms with Crippen LogP contribution in [0.1, 0.15) is 6.92 Å². The Balaban J connectivity index is 1.82. The first-order valence-corrected chi connectivity index (χ1v) is 6.57. The van der Waals surface area contributed by atoms with Gasteiger partial charge in [0.15, 0.2) is 0 Å². The lowest BCUT2D eigenvalue weighted by Crippen LogP contribution is -2.40. The Hall–Kier alpha value is -0.690. The summed E-state index contributed by atoms with van der Waals surface area (Å²) in [4.78, 5) is 13.3. The Kier molecular flexibility index (Phi) is 8.75. The van der Waals surface area contributed by atoms with Crippen molar-refractivity contribution in [3.05, 3.63) is 0 Å². The predicted octanol–water partition coefficient (Wildman–Crippen LogP) is -0.512. The maximum absolute atomic E-state index is 11.0. The van der Waals surface area contributed by atoms with Crippen molar-refractivity contribution in [1.82, 2.24) is 10.2 Å². The van der Waals surface area contributed by atoms with Gasteiger partial charge in [0.2, 0.25) is 0 Å². The molecule has 6 nitrogen and oxygen atoms in total. The molecule has 0 atom stereocenters. The monoisotopic (exact) mass is 260 g/mol. The minimum atomic E-state index is -0.300. The van der Waals surface area contributed by atoms with Gasteiger partial charge >= 0.3 is 5.97 Å². The van der Waals surface area contributed by atoms with Gasteiger partial charge in [-0.1, -0.05) is 0 Å². The Labute approximate surface area is 109 Å². The van der Waals surface area contributed by atoms with Crippen LogP contribution in [-0.4, -0.2) is 76.6 Å². The lowest BCUT2D eigenvalue weighted by Gasteiger charge is -2.26. The van der Waals surface area contributed by atoms with Crippen LogP contribution in [-0.2, 0) is 19.0 Å². The van der Waals surface area contributed by atoms with Gasteiger partial charge < -0.3 is 19.5 Å². The summed E-state index contributed by atoms with van der Waals surface area (Å²) in [5.74, 6) is -0.300. The molecule has 18 heavy (non-hydrogen) atoms. The first kappa shape index (κ1) is 15.4. The molecule has 0 aromatic rings. The molecule has 0 aliphatic carbocycles. The quantitative estimate of drug-likeness (QED) is 0.445. The third-order valence-corrected chi connectivity index (χ3v) is 2.66. The summed E-state index contributed by atoms with van der Waals surface area (Å²) in [6.07, 6.45) is 0. The van der Waals surface area contributed by atoms with E-state index in [9.17, 15) is 4.79 Å². The number of nitrogens with zero attached hydrogens (tertiary/aromatic N) is 1. The molecule has 1 aliphatic rings. The number of hydrogen-bond acceptors (Lipinski definition) is 6. The fourth-order valence-corrected chi connectivity index (χ4v) is 1.69. The molecule has 1 heterocycles. The zero-order valence-electron chi connectivity index (χ0n) is 11.2. The smallest absolute Gasteiger partial charge is 0.332 e. The zero-order chi connectivity index (χ0) is 13.1. The molecular weight excluding hydrogens is 236 g/mol. The summed E-state index contributed by atoms with van der Waals surface area (Å²) in [6.45, 7) is 9.17. The molecule has 0 aromatic carbocycles. The summed E-state index contributed by atoms with van der Waals surface area (Å²) in [7, 11) is 0. The highest BCUT2D eigenvalue weighted by Crippen LogP contribution is 1.94. The Morgan fingerprint density at radius 2 is 2.11 bits per heavy atom. The van der Waals surface area contributed by atoms with E-state index < -0.39 is 0 Å². The second kappa shape index (κ2) is 10.3. The van der Waals surface area contributed by atoms with Crippen LogP contribution in [0.5, 0.6) is 0 Å². The number of ether oxygens (including phenoxy) is 3. The highest BCUT2D eigenvalue weighted by molar-refractivity contribution is 5.70. The third-order valence-electron chi connectivity index (χ3n) is 2.66. The van der Waals surface area contributed by atoms with Gasteiger partial charge in [0.1, 0.15) is 6.61 Å². The number of carbonyl (C=O) groups excluding carboxylic acids is 1. The van der Waals surface area contributed by atoms with Crippen LogP contribution in [0, 0.1) is 0 Å². The van der Waals surface area contributed by atoms with Crippen molar-refractivity contribution in [3.8, 4) is 0 Å². The molecule has 0 aromatic heterocycles. The van der Waals surface area contributed by atoms with E-state index in [2.05, 4.69) is 10.2 Å². The number of rotatable bonds is 9. The SMILES string of the molecule is CCOC(=O)COCCNCCN1CCOCC1. The first-order chi connectivity index (χ1) is 8.83. The summed E-state index contributed by atoms with van der Waals surface area (Å²) < 4.78 is 15.2. The van der Waals surface area contributed by atoms with E-state index >= 15 is 0 Å². The van der Waals surface area contributed by atoms with Crippen molar-refractivity contribution in [2.45, 2.75) is 6.92 Å². The number of hydrogen-bond donors (Lipinski definition) is 1. The average molecular weight is 260 g/mol. The lowest BCUT2D eigenvalue weighted by atomic mass is 10.4. The van der Waals surface area contributed by atoms with Crippen LogP contribution < -0.4 is 5.32 Å². The molecule has 0 unspecified atom stereocenters. The minimum absolute atomic E-state index is 0.0407. The van der Waals surface area contributed by atoms with Gasteiger partial charge in [0, 0.05) is 32.7 Å². The highest BCUT2D eigenvalue weighted by atomic mass is 16.6. The van der Waals surface area contributed by atoms with Crippen LogP contribution in [0.15, 0.2) is 0 Å². The van der Waals surface area contributed by atoms with Crippen molar-refractivity contribution in [1.29, 1.82) is 0 Å². The maximum atomic E-state index is 11.0. The number of carbonyl (C=O) groups is 1. The second-order valence-corrected chi connectivity index (χ2v) is 4.06. The van der Waals surface area contributed by atoms with E-state index in [1.807, 2.05) is 0 Å². The summed E-state index contributed by atoms with van der Waals surface area (Å²) in [5, 5.41) is 3.28. The van der Waals surface area contributed by atoms with Gasteiger partial charge in [-0.25, -0.2) is 4.79 Å². The fraction of sp³-hybridized carbons (Fsp3) is 0.917. The third kappa shape index (κ3) is 7.60. The minimum Gasteiger partial charge on any atom is -0.464 e. The van der Waals surface area contributed by atoms with Gasteiger partial charge in [-0.3, -0.25) is 4.90 Å². The number of morpholine rings is 1. The van der Waals surface area contributed by atoms with Crippen molar-refractivity contribution < 1.29 is 19.0 Å². The Morgan fingerprint density at radius 3 is 2.83 bits per heavy atom. The molecule has 0 radical (unpaired) electrons. The van der Waals surface area contributed by atoms with Crippen LogP contribution >= 0.6 is 0 Å². The van der Waals surface area contributed by atoms with Gasteiger partial charge in [-0.2, -0.15) is 0 Å². The molecule has 6 heteroatoms. The molecule has 106 valence electrons. The molecule has 1 saturated heterocycles. The van der Waals surface area contributed by atoms with E-state index in [4.69, 9.17) is 14.2 Å². The van der Waals surface area contributed by atoms with Gasteiger partial charge in [0.25, 0.3) is 0 Å². The Bertz CT molecular complexity index is 220. The molecule has 0 bridgehead atoms. The second-order valence-electron chi connectivity index (χ2n) is 4.06. The number of esters is 1. The van der Waals surface area contributed by atoms with E-state index in [0.29, 0.717) is 13.2 Å². The van der Waals surface area contributed by atoms with Gasteiger partial charge in [-0.15, -0.1) is 0 Å². The van der Waals surface area contributed by atoms with E-state index in [1.165, 1.54) is 0 Å². The van der Waals surface area contributed by atoms with Gasteiger partial charge in [0.05, 0.1) is 26.4 Å². The fourth-order valence-electron chi connectivity index (χ4n) is 1.69. The van der Waals surface area contributed by atoms with Crippen LogP contribution in [0.25, 0.3) is 0 Å². The summed E-state index contributed by atoms with van der Waals surface area (Å²) >= 11 is 0. The zero-order valence-corrected chi connectivity index (χ0v) is 11.2. The standard InChI is InChI=1S/C12H24N2O4/c1-2-18-12(15)11-17-8-4-13-3-5-14-6-9-16-10-7-14/h13H,2-11H2,1H3. The normalized spacial score (nSPS) is 16.7. The van der Waals surface area contributed by atoms with Crippen LogP contribution in [0.4, 0.5) is 0 Å². The van der Waals surface area contributed by atoms with Crippen molar-refractivity contribution in [3.63, 3.8) is 0 Å². The van der Waals surface area contributed by atoms with E-state index in [1.54, 1.807) is 6.92 Å². The first-order valence-electron chi connectivity index (χ1n) is 6.57. The molecule has 0 amide bonds. The molecule has 1 N–H and O–H groups in total. The lowest BCUT2D eigenvalue weighted by molar-refractivity contribution is -0.148. The summed E-state index contributed by atoms with van der Waals surface area (Å²) in [6, 6.07) is 0. The Morgan fingerprint density at radius 1 is 1.33 bits per heavy atom. The molecular formula is C12H24N2O4. The molecule has 0 saturated carbocycles. The maximum Gasteiger partial charge on any atom is 0.332 e. The molecule has 1 rings (SSSR count). The number of nitrogens with one attached hydrogen (secondary N) is 1. The molecule has 1 aliphatic heterocycles. The molecule has 0 spiro atoms. The van der Waals surface area contributed by atoms with E-state index in [-0.39, 0.29) is 12.6 Å². The molecule has 1 fully saturated rings. The van der Waals surface area contributed by atoms with Gasteiger partial charge in [-0.05, 0) is 6.92 Å². The topological polar surface area (TPSA) is 60.0 Å². The average Bonchev–Trinajstić information content (AvgIpc) is 2.39. The van der Waals surface area contributed by atoms with Crippen LogP contribution in [0.3, 0.4) is 0 Å².